The van der Waals surface area contributed by atoms with E-state index in [0.29, 0.717) is 24.3 Å². The largest absolute Gasteiger partial charge is 0.313 e. The van der Waals surface area contributed by atoms with Crippen LogP contribution in [0.25, 0.3) is 0 Å². The van der Waals surface area contributed by atoms with Gasteiger partial charge in [0.1, 0.15) is 9.84 Å². The van der Waals surface area contributed by atoms with Crippen molar-refractivity contribution in [3.8, 4) is 0 Å². The van der Waals surface area contributed by atoms with Gasteiger partial charge >= 0.3 is 0 Å². The van der Waals surface area contributed by atoms with Gasteiger partial charge in [-0.05, 0) is 31.9 Å². The Morgan fingerprint density at radius 2 is 1.83 bits per heavy atom. The van der Waals surface area contributed by atoms with Gasteiger partial charge in [-0.3, -0.25) is 0 Å². The Bertz CT molecular complexity index is 428. The lowest BCUT2D eigenvalue weighted by molar-refractivity contribution is 0.535. The molecule has 102 valence electrons. The smallest absolute Gasteiger partial charge is 0.150 e. The van der Waals surface area contributed by atoms with Crippen molar-refractivity contribution < 1.29 is 8.42 Å². The molecule has 0 bridgehead atoms. The van der Waals surface area contributed by atoms with Gasteiger partial charge in [0.25, 0.3) is 0 Å². The molecule has 0 saturated heterocycles. The highest BCUT2D eigenvalue weighted by atomic mass is 32.2. The third-order valence-electron chi connectivity index (χ3n) is 3.01. The highest BCUT2D eigenvalue weighted by molar-refractivity contribution is 7.91. The van der Waals surface area contributed by atoms with Crippen LogP contribution in [-0.4, -0.2) is 27.0 Å². The van der Waals surface area contributed by atoms with Crippen LogP contribution >= 0.6 is 0 Å². The summed E-state index contributed by atoms with van der Waals surface area (Å²) in [6.07, 6.45) is 2.27. The van der Waals surface area contributed by atoms with Crippen LogP contribution in [0.1, 0.15) is 37.8 Å². The van der Waals surface area contributed by atoms with Crippen molar-refractivity contribution in [3.63, 3.8) is 0 Å². The summed E-state index contributed by atoms with van der Waals surface area (Å²) in [5.41, 5.74) is 1.22. The summed E-state index contributed by atoms with van der Waals surface area (Å²) in [6.45, 7) is 1.90. The predicted molar refractivity (Wildman–Crippen MR) is 76.4 cm³/mol. The summed E-state index contributed by atoms with van der Waals surface area (Å²) in [5, 5.41) is 3.24. The molecule has 3 nitrogen and oxygen atoms in total. The van der Waals surface area contributed by atoms with E-state index in [1.807, 2.05) is 32.2 Å². The molecule has 18 heavy (non-hydrogen) atoms. The minimum absolute atomic E-state index is 0.239. The van der Waals surface area contributed by atoms with E-state index in [1.54, 1.807) is 0 Å². The molecule has 0 amide bonds. The molecule has 0 spiro atoms. The minimum atomic E-state index is -2.85. The molecule has 0 fully saturated rings. The van der Waals surface area contributed by atoms with Crippen molar-refractivity contribution in [2.45, 2.75) is 32.2 Å². The van der Waals surface area contributed by atoms with Crippen LogP contribution in [0.2, 0.25) is 0 Å². The number of rotatable bonds is 8. The van der Waals surface area contributed by atoms with Gasteiger partial charge < -0.3 is 5.32 Å². The predicted octanol–water partition coefficient (Wildman–Crippen LogP) is 2.55. The average molecular weight is 269 g/mol. The normalized spacial score (nSPS) is 13.4. The highest BCUT2D eigenvalue weighted by Crippen LogP contribution is 2.18. The maximum atomic E-state index is 11.6. The molecular formula is C14H23NO2S. The Labute approximate surface area is 111 Å². The van der Waals surface area contributed by atoms with Gasteiger partial charge in [-0.25, -0.2) is 8.42 Å². The molecule has 0 aliphatic carbocycles. The van der Waals surface area contributed by atoms with Gasteiger partial charge in [-0.2, -0.15) is 0 Å². The number of nitrogens with one attached hydrogen (secondary N) is 1. The molecule has 0 aliphatic rings. The van der Waals surface area contributed by atoms with Crippen molar-refractivity contribution in [2.75, 3.05) is 18.6 Å². The molecule has 0 aromatic heterocycles. The summed E-state index contributed by atoms with van der Waals surface area (Å²) in [6, 6.07) is 10.4. The van der Waals surface area contributed by atoms with E-state index in [-0.39, 0.29) is 6.04 Å². The number of hydrogen-bond acceptors (Lipinski definition) is 3. The van der Waals surface area contributed by atoms with Gasteiger partial charge in [0, 0.05) is 11.8 Å². The second-order valence-corrected chi connectivity index (χ2v) is 6.85. The first kappa shape index (κ1) is 15.2. The Morgan fingerprint density at radius 3 is 2.39 bits per heavy atom. The fourth-order valence-corrected chi connectivity index (χ4v) is 3.52. The maximum absolute atomic E-state index is 11.6. The van der Waals surface area contributed by atoms with E-state index >= 15 is 0 Å². The highest BCUT2D eigenvalue weighted by Gasteiger charge is 2.12. The molecule has 0 heterocycles. The fourth-order valence-electron chi connectivity index (χ4n) is 2.08. The van der Waals surface area contributed by atoms with E-state index in [0.717, 1.165) is 6.42 Å². The van der Waals surface area contributed by atoms with Crippen LogP contribution in [0.3, 0.4) is 0 Å². The molecule has 1 aromatic carbocycles. The standard InChI is InChI=1S/C14H23NO2S/c1-3-11-18(16,17)12-7-10-14(15-2)13-8-5-4-6-9-13/h4-6,8-9,14-15H,3,7,10-12H2,1-2H3. The van der Waals surface area contributed by atoms with E-state index in [2.05, 4.69) is 17.4 Å². The molecule has 0 radical (unpaired) electrons. The quantitative estimate of drug-likeness (QED) is 0.789. The number of benzene rings is 1. The summed E-state index contributed by atoms with van der Waals surface area (Å²) in [5.74, 6) is 0.606. The van der Waals surface area contributed by atoms with Gasteiger partial charge in [0.2, 0.25) is 0 Å². The van der Waals surface area contributed by atoms with E-state index in [9.17, 15) is 8.42 Å². The summed E-state index contributed by atoms with van der Waals surface area (Å²) in [4.78, 5) is 0. The van der Waals surface area contributed by atoms with Crippen molar-refractivity contribution in [3.05, 3.63) is 35.9 Å². The van der Waals surface area contributed by atoms with Gasteiger partial charge in [-0.1, -0.05) is 37.3 Å². The third kappa shape index (κ3) is 5.19. The third-order valence-corrected chi connectivity index (χ3v) is 4.95. The van der Waals surface area contributed by atoms with Crippen LogP contribution in [-0.2, 0) is 9.84 Å². The van der Waals surface area contributed by atoms with Crippen LogP contribution < -0.4 is 5.32 Å². The molecule has 1 atom stereocenters. The first-order valence-corrected chi connectivity index (χ1v) is 8.34. The van der Waals surface area contributed by atoms with Crippen LogP contribution in [0, 0.1) is 0 Å². The average Bonchev–Trinajstić information content (AvgIpc) is 2.35. The fraction of sp³-hybridized carbons (Fsp3) is 0.571. The summed E-state index contributed by atoms with van der Waals surface area (Å²) < 4.78 is 23.2. The Hall–Kier alpha value is -0.870. The molecule has 0 aliphatic heterocycles. The molecule has 4 heteroatoms. The number of sulfone groups is 1. The van der Waals surface area contributed by atoms with Crippen LogP contribution in [0.4, 0.5) is 0 Å². The SMILES string of the molecule is CCCS(=O)(=O)CCCC(NC)c1ccccc1. The zero-order chi connectivity index (χ0) is 13.4. The molecule has 1 aromatic rings. The molecule has 1 unspecified atom stereocenters. The lowest BCUT2D eigenvalue weighted by atomic mass is 10.0. The lowest BCUT2D eigenvalue weighted by Gasteiger charge is -2.16. The second-order valence-electron chi connectivity index (χ2n) is 4.55. The summed E-state index contributed by atoms with van der Waals surface area (Å²) in [7, 11) is -0.931. The maximum Gasteiger partial charge on any atom is 0.150 e. The second kappa shape index (κ2) is 7.54. The zero-order valence-corrected chi connectivity index (χ0v) is 12.0. The van der Waals surface area contributed by atoms with Crippen LogP contribution in [0.5, 0.6) is 0 Å². The van der Waals surface area contributed by atoms with Gasteiger partial charge in [0.15, 0.2) is 0 Å². The first-order chi connectivity index (χ1) is 8.59. The Morgan fingerprint density at radius 1 is 1.17 bits per heavy atom. The zero-order valence-electron chi connectivity index (χ0n) is 11.2. The monoisotopic (exact) mass is 269 g/mol. The van der Waals surface area contributed by atoms with Crippen molar-refractivity contribution >= 4 is 9.84 Å². The molecular weight excluding hydrogens is 246 g/mol. The Kier molecular flexibility index (Phi) is 6.36. The topological polar surface area (TPSA) is 46.2 Å². The van der Waals surface area contributed by atoms with Crippen molar-refractivity contribution in [1.82, 2.24) is 5.32 Å². The van der Waals surface area contributed by atoms with Gasteiger partial charge in [-0.15, -0.1) is 0 Å². The molecule has 0 saturated carbocycles. The van der Waals surface area contributed by atoms with E-state index in [4.69, 9.17) is 0 Å². The van der Waals surface area contributed by atoms with Gasteiger partial charge in [0.05, 0.1) is 5.75 Å². The van der Waals surface area contributed by atoms with E-state index < -0.39 is 9.84 Å². The van der Waals surface area contributed by atoms with E-state index in [1.165, 1.54) is 5.56 Å². The molecule has 1 rings (SSSR count). The van der Waals surface area contributed by atoms with Crippen molar-refractivity contribution in [2.24, 2.45) is 0 Å². The minimum Gasteiger partial charge on any atom is -0.313 e. The van der Waals surface area contributed by atoms with Crippen LogP contribution in [0.15, 0.2) is 30.3 Å². The Balaban J connectivity index is 2.47. The van der Waals surface area contributed by atoms with Crippen molar-refractivity contribution in [1.29, 1.82) is 0 Å². The number of hydrogen-bond donors (Lipinski definition) is 1. The molecule has 1 N–H and O–H groups in total. The summed E-state index contributed by atoms with van der Waals surface area (Å²) >= 11 is 0. The lowest BCUT2D eigenvalue weighted by Crippen LogP contribution is -2.18. The first-order valence-electron chi connectivity index (χ1n) is 6.51.